The molecule has 0 aromatic heterocycles. The van der Waals surface area contributed by atoms with Crippen LogP contribution in [0.5, 0.6) is 0 Å². The SMILES string of the molecule is [CH]1CCN(C2CCNO2)O1. The van der Waals surface area contributed by atoms with Crippen molar-refractivity contribution in [2.45, 2.75) is 19.1 Å². The molecule has 2 saturated heterocycles. The van der Waals surface area contributed by atoms with Gasteiger partial charge < -0.3 is 0 Å². The van der Waals surface area contributed by atoms with Gasteiger partial charge in [-0.3, -0.25) is 9.68 Å². The van der Waals surface area contributed by atoms with E-state index in [1.54, 1.807) is 0 Å². The summed E-state index contributed by atoms with van der Waals surface area (Å²) in [6.07, 6.45) is 2.13. The van der Waals surface area contributed by atoms with Crippen LogP contribution < -0.4 is 5.48 Å². The lowest BCUT2D eigenvalue weighted by Gasteiger charge is -2.18. The van der Waals surface area contributed by atoms with Crippen molar-refractivity contribution in [2.75, 3.05) is 13.1 Å². The summed E-state index contributed by atoms with van der Waals surface area (Å²) in [5, 5.41) is 1.86. The van der Waals surface area contributed by atoms with Crippen LogP contribution in [0, 0.1) is 6.61 Å². The summed E-state index contributed by atoms with van der Waals surface area (Å²) >= 11 is 0. The fourth-order valence-corrected chi connectivity index (χ4v) is 1.19. The summed E-state index contributed by atoms with van der Waals surface area (Å²) in [5.74, 6) is 0. The molecule has 0 aromatic rings. The van der Waals surface area contributed by atoms with Gasteiger partial charge in [0, 0.05) is 19.5 Å². The molecular formula is C6H11N2O2. The highest BCUT2D eigenvalue weighted by atomic mass is 16.8. The Kier molecular flexibility index (Phi) is 1.86. The molecule has 10 heavy (non-hydrogen) atoms. The van der Waals surface area contributed by atoms with Gasteiger partial charge in [0.1, 0.15) is 6.61 Å². The highest BCUT2D eigenvalue weighted by Gasteiger charge is 2.27. The van der Waals surface area contributed by atoms with E-state index in [9.17, 15) is 0 Å². The van der Waals surface area contributed by atoms with Crippen molar-refractivity contribution < 1.29 is 9.68 Å². The van der Waals surface area contributed by atoms with Crippen molar-refractivity contribution in [1.82, 2.24) is 10.5 Å². The first-order chi connectivity index (χ1) is 4.97. The standard InChI is InChI=1S/C6H11N2O2/c1-4-8(9-5-1)6-2-3-7-10-6/h5-7H,1-4H2. The molecule has 4 heteroatoms. The molecule has 0 aliphatic carbocycles. The Morgan fingerprint density at radius 1 is 1.60 bits per heavy atom. The molecule has 2 rings (SSSR count). The van der Waals surface area contributed by atoms with Gasteiger partial charge in [-0.05, 0) is 6.42 Å². The second-order valence-electron chi connectivity index (χ2n) is 2.46. The number of hydrogen-bond acceptors (Lipinski definition) is 4. The maximum absolute atomic E-state index is 5.18. The second kappa shape index (κ2) is 2.84. The van der Waals surface area contributed by atoms with Crippen molar-refractivity contribution >= 4 is 0 Å². The van der Waals surface area contributed by atoms with Crippen LogP contribution in [0.25, 0.3) is 0 Å². The first-order valence-corrected chi connectivity index (χ1v) is 3.60. The zero-order chi connectivity index (χ0) is 6.81. The number of hydroxylamine groups is 3. The zero-order valence-electron chi connectivity index (χ0n) is 5.75. The lowest BCUT2D eigenvalue weighted by atomic mass is 10.4. The van der Waals surface area contributed by atoms with Crippen LogP contribution in [0.1, 0.15) is 12.8 Å². The number of nitrogens with one attached hydrogen (secondary N) is 1. The molecule has 2 aliphatic rings. The van der Waals surface area contributed by atoms with Crippen LogP contribution in [0.15, 0.2) is 0 Å². The fraction of sp³-hybridized carbons (Fsp3) is 0.833. The minimum Gasteiger partial charge on any atom is -0.290 e. The van der Waals surface area contributed by atoms with Crippen molar-refractivity contribution in [1.29, 1.82) is 0 Å². The summed E-state index contributed by atoms with van der Waals surface area (Å²) in [6, 6.07) is 0. The van der Waals surface area contributed by atoms with Crippen molar-refractivity contribution in [3.8, 4) is 0 Å². The average Bonchev–Trinajstić information content (AvgIpc) is 2.59. The normalized spacial score (nSPS) is 35.4. The maximum Gasteiger partial charge on any atom is 0.155 e. The van der Waals surface area contributed by atoms with Gasteiger partial charge in [0.05, 0.1) is 0 Å². The summed E-state index contributed by atoms with van der Waals surface area (Å²) in [6.45, 7) is 3.68. The number of rotatable bonds is 1. The third-order valence-corrected chi connectivity index (χ3v) is 1.71. The minimum atomic E-state index is 0.124. The molecule has 2 aliphatic heterocycles. The quantitative estimate of drug-likeness (QED) is 0.561. The van der Waals surface area contributed by atoms with Gasteiger partial charge in [0.2, 0.25) is 0 Å². The number of hydrogen-bond donors (Lipinski definition) is 1. The molecule has 2 heterocycles. The number of nitrogens with zero attached hydrogens (tertiary/aromatic N) is 1. The fourth-order valence-electron chi connectivity index (χ4n) is 1.19. The van der Waals surface area contributed by atoms with Crippen molar-refractivity contribution in [3.05, 3.63) is 6.61 Å². The van der Waals surface area contributed by atoms with Crippen molar-refractivity contribution in [2.24, 2.45) is 0 Å². The average molecular weight is 143 g/mol. The monoisotopic (exact) mass is 143 g/mol. The van der Waals surface area contributed by atoms with Gasteiger partial charge in [0.15, 0.2) is 6.23 Å². The molecule has 1 unspecified atom stereocenters. The first kappa shape index (κ1) is 6.54. The van der Waals surface area contributed by atoms with E-state index in [0.29, 0.717) is 0 Å². The molecule has 1 atom stereocenters. The van der Waals surface area contributed by atoms with Crippen LogP contribution >= 0.6 is 0 Å². The van der Waals surface area contributed by atoms with Crippen LogP contribution in [-0.4, -0.2) is 24.4 Å². The van der Waals surface area contributed by atoms with Crippen molar-refractivity contribution in [3.63, 3.8) is 0 Å². The second-order valence-corrected chi connectivity index (χ2v) is 2.46. The van der Waals surface area contributed by atoms with Crippen LogP contribution in [-0.2, 0) is 9.68 Å². The summed E-state index contributed by atoms with van der Waals surface area (Å²) in [4.78, 5) is 10.3. The Labute approximate surface area is 60.0 Å². The summed E-state index contributed by atoms with van der Waals surface area (Å²) in [5.41, 5.74) is 2.81. The molecule has 0 saturated carbocycles. The van der Waals surface area contributed by atoms with Gasteiger partial charge in [-0.25, -0.2) is 5.48 Å². The smallest absolute Gasteiger partial charge is 0.155 e. The van der Waals surface area contributed by atoms with Gasteiger partial charge in [-0.15, -0.1) is 0 Å². The van der Waals surface area contributed by atoms with Crippen LogP contribution in [0.2, 0.25) is 0 Å². The van der Waals surface area contributed by atoms with Gasteiger partial charge in [0.25, 0.3) is 0 Å². The highest BCUT2D eigenvalue weighted by molar-refractivity contribution is 4.68. The Morgan fingerprint density at radius 3 is 3.20 bits per heavy atom. The molecule has 1 radical (unpaired) electrons. The van der Waals surface area contributed by atoms with E-state index in [4.69, 9.17) is 9.68 Å². The lowest BCUT2D eigenvalue weighted by molar-refractivity contribution is -0.205. The van der Waals surface area contributed by atoms with E-state index in [0.717, 1.165) is 25.9 Å². The predicted octanol–water partition coefficient (Wildman–Crippen LogP) is 0.0365. The summed E-state index contributed by atoms with van der Waals surface area (Å²) in [7, 11) is 0. The lowest BCUT2D eigenvalue weighted by Crippen LogP contribution is -2.31. The van der Waals surface area contributed by atoms with E-state index in [1.165, 1.54) is 0 Å². The third-order valence-electron chi connectivity index (χ3n) is 1.71. The minimum absolute atomic E-state index is 0.124. The molecule has 0 spiro atoms. The summed E-state index contributed by atoms with van der Waals surface area (Å²) < 4.78 is 0. The van der Waals surface area contributed by atoms with E-state index >= 15 is 0 Å². The molecule has 1 N–H and O–H groups in total. The van der Waals surface area contributed by atoms with Crippen LogP contribution in [0.3, 0.4) is 0 Å². The Morgan fingerprint density at radius 2 is 2.60 bits per heavy atom. The molecule has 0 amide bonds. The molecular weight excluding hydrogens is 132 g/mol. The van der Waals surface area contributed by atoms with E-state index in [-0.39, 0.29) is 6.23 Å². The van der Waals surface area contributed by atoms with Gasteiger partial charge >= 0.3 is 0 Å². The topological polar surface area (TPSA) is 33.7 Å². The first-order valence-electron chi connectivity index (χ1n) is 3.60. The van der Waals surface area contributed by atoms with Gasteiger partial charge in [-0.2, -0.15) is 5.06 Å². The molecule has 0 bridgehead atoms. The predicted molar refractivity (Wildman–Crippen MR) is 34.2 cm³/mol. The van der Waals surface area contributed by atoms with E-state index in [1.807, 2.05) is 11.7 Å². The van der Waals surface area contributed by atoms with E-state index < -0.39 is 0 Å². The third kappa shape index (κ3) is 1.15. The zero-order valence-corrected chi connectivity index (χ0v) is 5.75. The maximum atomic E-state index is 5.18. The molecule has 4 nitrogen and oxygen atoms in total. The molecule has 0 aromatic carbocycles. The van der Waals surface area contributed by atoms with Gasteiger partial charge in [-0.1, -0.05) is 0 Å². The molecule has 57 valence electrons. The Bertz CT molecular complexity index is 94.3. The largest absolute Gasteiger partial charge is 0.290 e. The highest BCUT2D eigenvalue weighted by Crippen LogP contribution is 2.17. The Balaban J connectivity index is 1.85. The van der Waals surface area contributed by atoms with E-state index in [2.05, 4.69) is 5.48 Å². The Hall–Kier alpha value is -0.160. The van der Waals surface area contributed by atoms with Crippen LogP contribution in [0.4, 0.5) is 0 Å². The molecule has 2 fully saturated rings.